The lowest BCUT2D eigenvalue weighted by atomic mass is 9.69. The van der Waals surface area contributed by atoms with Gasteiger partial charge in [-0.25, -0.2) is 4.39 Å². The fourth-order valence-electron chi connectivity index (χ4n) is 3.12. The Hall–Kier alpha value is -1.22. The second-order valence-electron chi connectivity index (χ2n) is 7.03. The van der Waals surface area contributed by atoms with Gasteiger partial charge in [-0.05, 0) is 61.3 Å². The Morgan fingerprint density at radius 1 is 1.24 bits per heavy atom. The summed E-state index contributed by atoms with van der Waals surface area (Å²) in [7, 11) is 1.63. The summed E-state index contributed by atoms with van der Waals surface area (Å²) in [6.07, 6.45) is 3.86. The molecule has 1 aliphatic carbocycles. The normalized spacial score (nSPS) is 20.2. The molecule has 0 aliphatic heterocycles. The molecule has 1 aromatic carbocycles. The summed E-state index contributed by atoms with van der Waals surface area (Å²) in [4.78, 5) is 12.7. The van der Waals surface area contributed by atoms with E-state index < -0.39 is 5.60 Å². The Morgan fingerprint density at radius 2 is 1.86 bits per heavy atom. The van der Waals surface area contributed by atoms with Gasteiger partial charge in [0.05, 0.1) is 0 Å². The molecule has 21 heavy (non-hydrogen) atoms. The molecule has 1 aliphatic rings. The van der Waals surface area contributed by atoms with E-state index >= 15 is 0 Å². The molecule has 0 atom stereocenters. The highest BCUT2D eigenvalue weighted by molar-refractivity contribution is 5.89. The third-order valence-corrected chi connectivity index (χ3v) is 4.97. The van der Waals surface area contributed by atoms with Crippen LogP contribution in [0.3, 0.4) is 0 Å². The van der Waals surface area contributed by atoms with Crippen LogP contribution in [0.25, 0.3) is 0 Å². The fourth-order valence-corrected chi connectivity index (χ4v) is 3.12. The topological polar surface area (TPSA) is 26.3 Å². The maximum atomic E-state index is 13.2. The van der Waals surface area contributed by atoms with Gasteiger partial charge in [-0.3, -0.25) is 4.79 Å². The smallest absolute Gasteiger partial charge is 0.168 e. The van der Waals surface area contributed by atoms with Gasteiger partial charge in [-0.2, -0.15) is 0 Å². The summed E-state index contributed by atoms with van der Waals surface area (Å²) in [5.74, 6) is -0.139. The van der Waals surface area contributed by atoms with E-state index in [1.807, 2.05) is 6.92 Å². The van der Waals surface area contributed by atoms with Gasteiger partial charge in [0.25, 0.3) is 0 Å². The van der Waals surface area contributed by atoms with Crippen LogP contribution in [0.4, 0.5) is 4.39 Å². The van der Waals surface area contributed by atoms with E-state index in [0.717, 1.165) is 36.8 Å². The maximum Gasteiger partial charge on any atom is 0.168 e. The number of hydrogen-bond acceptors (Lipinski definition) is 2. The van der Waals surface area contributed by atoms with E-state index in [9.17, 15) is 9.18 Å². The third-order valence-electron chi connectivity index (χ3n) is 4.97. The Bertz CT molecular complexity index is 524. The Kier molecular flexibility index (Phi) is 4.52. The summed E-state index contributed by atoms with van der Waals surface area (Å²) < 4.78 is 18.8. The van der Waals surface area contributed by atoms with Gasteiger partial charge >= 0.3 is 0 Å². The molecule has 116 valence electrons. The average Bonchev–Trinajstić information content (AvgIpc) is 2.42. The van der Waals surface area contributed by atoms with Gasteiger partial charge in [-0.15, -0.1) is 0 Å². The Labute approximate surface area is 126 Å². The maximum absolute atomic E-state index is 13.2. The number of halogens is 1. The number of carbonyl (C=O) groups is 1. The average molecular weight is 292 g/mol. The van der Waals surface area contributed by atoms with Crippen LogP contribution in [0.5, 0.6) is 0 Å². The Balaban J connectivity index is 2.14. The summed E-state index contributed by atoms with van der Waals surface area (Å²) in [5, 5.41) is 0. The first-order valence-corrected chi connectivity index (χ1v) is 7.61. The fraction of sp³-hybridized carbons (Fsp3) is 0.611. The zero-order valence-corrected chi connectivity index (χ0v) is 13.5. The van der Waals surface area contributed by atoms with Crippen molar-refractivity contribution in [2.75, 3.05) is 7.11 Å². The molecular formula is C18H25FO2. The first kappa shape index (κ1) is 16.2. The molecule has 0 aromatic heterocycles. The summed E-state index contributed by atoms with van der Waals surface area (Å²) >= 11 is 0. The van der Waals surface area contributed by atoms with Crippen molar-refractivity contribution >= 4 is 5.78 Å². The molecular weight excluding hydrogens is 267 g/mol. The van der Waals surface area contributed by atoms with E-state index in [0.29, 0.717) is 6.42 Å². The second-order valence-corrected chi connectivity index (χ2v) is 7.03. The van der Waals surface area contributed by atoms with Crippen molar-refractivity contribution in [3.8, 4) is 0 Å². The molecule has 0 unspecified atom stereocenters. The number of rotatable bonds is 4. The number of aryl methyl sites for hydroxylation is 1. The number of Topliss-reactive ketones (excluding diaryl/α,β-unsaturated/α-hetero) is 1. The highest BCUT2D eigenvalue weighted by Gasteiger charge is 2.43. The predicted molar refractivity (Wildman–Crippen MR) is 81.8 cm³/mol. The molecule has 2 rings (SSSR count). The minimum atomic E-state index is -0.656. The van der Waals surface area contributed by atoms with E-state index in [1.165, 1.54) is 12.1 Å². The molecule has 0 saturated heterocycles. The van der Waals surface area contributed by atoms with Gasteiger partial charge in [-0.1, -0.05) is 19.9 Å². The number of ether oxygens (including phenoxy) is 1. The van der Waals surface area contributed by atoms with Crippen molar-refractivity contribution in [2.24, 2.45) is 5.41 Å². The number of methoxy groups -OCH3 is 1. The van der Waals surface area contributed by atoms with Crippen LogP contribution < -0.4 is 0 Å². The highest BCUT2D eigenvalue weighted by Crippen LogP contribution is 2.42. The zero-order valence-electron chi connectivity index (χ0n) is 13.5. The number of hydrogen-bond donors (Lipinski definition) is 0. The summed E-state index contributed by atoms with van der Waals surface area (Å²) in [5.41, 5.74) is 1.35. The van der Waals surface area contributed by atoms with E-state index in [4.69, 9.17) is 4.74 Å². The highest BCUT2D eigenvalue weighted by atomic mass is 19.1. The SMILES string of the molecule is COC1(C(=O)Cc2ccc(F)cc2C)CCC(C)(C)CC1. The number of benzene rings is 1. The zero-order chi connectivity index (χ0) is 15.7. The lowest BCUT2D eigenvalue weighted by Gasteiger charge is -2.41. The van der Waals surface area contributed by atoms with Crippen LogP contribution >= 0.6 is 0 Å². The van der Waals surface area contributed by atoms with Crippen molar-refractivity contribution in [1.82, 2.24) is 0 Å². The molecule has 0 heterocycles. The number of ketones is 1. The van der Waals surface area contributed by atoms with Crippen LogP contribution in [-0.2, 0) is 16.0 Å². The molecule has 0 amide bonds. The third kappa shape index (κ3) is 3.52. The second kappa shape index (κ2) is 5.88. The summed E-state index contributed by atoms with van der Waals surface area (Å²) in [6, 6.07) is 4.60. The van der Waals surface area contributed by atoms with Crippen molar-refractivity contribution in [3.05, 3.63) is 35.1 Å². The monoisotopic (exact) mass is 292 g/mol. The van der Waals surface area contributed by atoms with Gasteiger partial charge < -0.3 is 4.74 Å². The van der Waals surface area contributed by atoms with Gasteiger partial charge in [0.2, 0.25) is 0 Å². The van der Waals surface area contributed by atoms with Gasteiger partial charge in [0.1, 0.15) is 11.4 Å². The van der Waals surface area contributed by atoms with E-state index in [-0.39, 0.29) is 17.0 Å². The minimum absolute atomic E-state index is 0.121. The molecule has 1 aromatic rings. The van der Waals surface area contributed by atoms with E-state index in [2.05, 4.69) is 13.8 Å². The molecule has 0 bridgehead atoms. The molecule has 0 radical (unpaired) electrons. The van der Waals surface area contributed by atoms with E-state index in [1.54, 1.807) is 13.2 Å². The van der Waals surface area contributed by atoms with Crippen LogP contribution in [0, 0.1) is 18.2 Å². The first-order valence-electron chi connectivity index (χ1n) is 7.61. The molecule has 2 nitrogen and oxygen atoms in total. The van der Waals surface area contributed by atoms with Crippen LogP contribution in [0.2, 0.25) is 0 Å². The predicted octanol–water partition coefficient (Wildman–Crippen LogP) is 4.23. The van der Waals surface area contributed by atoms with Crippen molar-refractivity contribution in [1.29, 1.82) is 0 Å². The lowest BCUT2D eigenvalue weighted by molar-refractivity contribution is -0.147. The van der Waals surface area contributed by atoms with Gasteiger partial charge in [0, 0.05) is 13.5 Å². The molecule has 0 spiro atoms. The Morgan fingerprint density at radius 3 is 2.38 bits per heavy atom. The van der Waals surface area contributed by atoms with Crippen LogP contribution in [-0.4, -0.2) is 18.5 Å². The molecule has 3 heteroatoms. The first-order chi connectivity index (χ1) is 9.78. The number of carbonyl (C=O) groups excluding carboxylic acids is 1. The lowest BCUT2D eigenvalue weighted by Crippen LogP contribution is -2.46. The quantitative estimate of drug-likeness (QED) is 0.830. The summed E-state index contributed by atoms with van der Waals surface area (Å²) in [6.45, 7) is 6.32. The van der Waals surface area contributed by atoms with Crippen LogP contribution in [0.1, 0.15) is 50.7 Å². The molecule has 1 saturated carbocycles. The van der Waals surface area contributed by atoms with Gasteiger partial charge in [0.15, 0.2) is 5.78 Å². The van der Waals surface area contributed by atoms with Crippen molar-refractivity contribution in [2.45, 2.75) is 58.5 Å². The van der Waals surface area contributed by atoms with Crippen molar-refractivity contribution in [3.63, 3.8) is 0 Å². The molecule has 1 fully saturated rings. The molecule has 0 N–H and O–H groups in total. The minimum Gasteiger partial charge on any atom is -0.370 e. The van der Waals surface area contributed by atoms with Crippen molar-refractivity contribution < 1.29 is 13.9 Å². The largest absolute Gasteiger partial charge is 0.370 e. The van der Waals surface area contributed by atoms with Crippen LogP contribution in [0.15, 0.2) is 18.2 Å². The standard InChI is InChI=1S/C18H25FO2/c1-13-11-15(19)6-5-14(13)12-16(20)18(21-4)9-7-17(2,3)8-10-18/h5-6,11H,7-10,12H2,1-4H3.